The zero-order chi connectivity index (χ0) is 13.0. The molecule has 0 saturated carbocycles. The van der Waals surface area contributed by atoms with Gasteiger partial charge in [0.25, 0.3) is 0 Å². The number of aliphatic hydroxyl groups is 2. The molecule has 0 bridgehead atoms. The molecule has 1 heterocycles. The lowest BCUT2D eigenvalue weighted by atomic mass is 9.97. The summed E-state index contributed by atoms with van der Waals surface area (Å²) in [5, 5.41) is 22.2. The van der Waals surface area contributed by atoms with Gasteiger partial charge in [-0.2, -0.15) is 0 Å². The van der Waals surface area contributed by atoms with Gasteiger partial charge < -0.3 is 29.7 Å². The van der Waals surface area contributed by atoms with Gasteiger partial charge in [0.2, 0.25) is 5.91 Å². The fraction of sp³-hybridized carbons (Fsp3) is 0.900. The number of methoxy groups -OCH3 is 2. The van der Waals surface area contributed by atoms with Gasteiger partial charge in [0.05, 0.1) is 6.61 Å². The van der Waals surface area contributed by atoms with Crippen molar-refractivity contribution in [3.8, 4) is 0 Å². The van der Waals surface area contributed by atoms with Gasteiger partial charge >= 0.3 is 0 Å². The Balaban J connectivity index is 2.75. The molecule has 0 aromatic carbocycles. The van der Waals surface area contributed by atoms with Crippen LogP contribution in [0.15, 0.2) is 0 Å². The van der Waals surface area contributed by atoms with E-state index < -0.39 is 30.6 Å². The highest BCUT2D eigenvalue weighted by molar-refractivity contribution is 5.73. The van der Waals surface area contributed by atoms with Crippen LogP contribution in [0.1, 0.15) is 6.92 Å². The zero-order valence-corrected chi connectivity index (χ0v) is 10.1. The standard InChI is InChI=1S/C10H19NO6/c1-5(12)11-7-9(14)8(13)6(4-15-2)17-10(7)16-3/h6-10,13-14H,4H2,1-3H3,(H,11,12)/t6-,7-,8-,9-,10-/m1/s1. The van der Waals surface area contributed by atoms with Crippen molar-refractivity contribution in [3.63, 3.8) is 0 Å². The normalized spacial score (nSPS) is 37.8. The molecule has 1 amide bonds. The Kier molecular flexibility index (Phi) is 5.29. The Hall–Kier alpha value is -0.730. The van der Waals surface area contributed by atoms with Crippen molar-refractivity contribution < 1.29 is 29.2 Å². The Labute approximate surface area is 99.7 Å². The highest BCUT2D eigenvalue weighted by Gasteiger charge is 2.45. The Morgan fingerprint density at radius 3 is 2.47 bits per heavy atom. The van der Waals surface area contributed by atoms with Crippen molar-refractivity contribution in [2.75, 3.05) is 20.8 Å². The van der Waals surface area contributed by atoms with Crippen LogP contribution < -0.4 is 5.32 Å². The van der Waals surface area contributed by atoms with Crippen molar-refractivity contribution in [2.24, 2.45) is 0 Å². The second-order valence-electron chi connectivity index (χ2n) is 3.94. The Morgan fingerprint density at radius 2 is 2.00 bits per heavy atom. The second-order valence-corrected chi connectivity index (χ2v) is 3.94. The first kappa shape index (κ1) is 14.3. The van der Waals surface area contributed by atoms with Gasteiger partial charge in [-0.3, -0.25) is 4.79 Å². The molecule has 1 rings (SSSR count). The maximum absolute atomic E-state index is 11.0. The molecule has 100 valence electrons. The molecule has 1 fully saturated rings. The number of aliphatic hydroxyl groups excluding tert-OH is 2. The van der Waals surface area contributed by atoms with Crippen molar-refractivity contribution in [1.82, 2.24) is 5.32 Å². The van der Waals surface area contributed by atoms with Crippen molar-refractivity contribution in [2.45, 2.75) is 37.6 Å². The summed E-state index contributed by atoms with van der Waals surface area (Å²) in [5.41, 5.74) is 0. The summed E-state index contributed by atoms with van der Waals surface area (Å²) < 4.78 is 15.3. The van der Waals surface area contributed by atoms with Gasteiger partial charge in [0.15, 0.2) is 6.29 Å². The third-order valence-corrected chi connectivity index (χ3v) is 2.63. The molecule has 1 aliphatic heterocycles. The van der Waals surface area contributed by atoms with Crippen molar-refractivity contribution >= 4 is 5.91 Å². The van der Waals surface area contributed by atoms with Crippen molar-refractivity contribution in [1.29, 1.82) is 0 Å². The SMILES string of the molecule is COC[C@H]1O[C@@H](OC)[C@H](NC(C)=O)[C@@H](O)[C@@H]1O. The molecule has 0 aromatic heterocycles. The molecule has 5 atom stereocenters. The maximum atomic E-state index is 11.0. The van der Waals surface area contributed by atoms with E-state index >= 15 is 0 Å². The first-order valence-electron chi connectivity index (χ1n) is 5.31. The molecule has 7 nitrogen and oxygen atoms in total. The van der Waals surface area contributed by atoms with Gasteiger partial charge in [0.1, 0.15) is 24.4 Å². The number of nitrogens with one attached hydrogen (secondary N) is 1. The average molecular weight is 249 g/mol. The van der Waals surface area contributed by atoms with E-state index in [0.717, 1.165) is 0 Å². The fourth-order valence-electron chi connectivity index (χ4n) is 1.82. The molecule has 17 heavy (non-hydrogen) atoms. The van der Waals surface area contributed by atoms with Crippen LogP contribution in [0.25, 0.3) is 0 Å². The average Bonchev–Trinajstić information content (AvgIpc) is 2.28. The van der Waals surface area contributed by atoms with Crippen LogP contribution in [-0.2, 0) is 19.0 Å². The molecule has 7 heteroatoms. The third-order valence-electron chi connectivity index (χ3n) is 2.63. The monoisotopic (exact) mass is 249 g/mol. The molecule has 0 aliphatic carbocycles. The molecule has 3 N–H and O–H groups in total. The van der Waals surface area contributed by atoms with Gasteiger partial charge in [0, 0.05) is 21.1 Å². The molecular weight excluding hydrogens is 230 g/mol. The van der Waals surface area contributed by atoms with Crippen LogP contribution >= 0.6 is 0 Å². The Bertz CT molecular complexity index is 259. The van der Waals surface area contributed by atoms with E-state index in [2.05, 4.69) is 5.32 Å². The third kappa shape index (κ3) is 3.36. The number of hydrogen-bond donors (Lipinski definition) is 3. The molecule has 0 radical (unpaired) electrons. The molecule has 0 spiro atoms. The number of carbonyl (C=O) groups excluding carboxylic acids is 1. The topological polar surface area (TPSA) is 97.2 Å². The van der Waals surface area contributed by atoms with E-state index in [9.17, 15) is 15.0 Å². The minimum atomic E-state index is -1.17. The van der Waals surface area contributed by atoms with Gasteiger partial charge in [-0.25, -0.2) is 0 Å². The van der Waals surface area contributed by atoms with Crippen LogP contribution in [0.4, 0.5) is 0 Å². The molecule has 0 aromatic rings. The first-order valence-corrected chi connectivity index (χ1v) is 5.31. The summed E-state index contributed by atoms with van der Waals surface area (Å²) in [5.74, 6) is -0.336. The van der Waals surface area contributed by atoms with Crippen LogP contribution in [-0.4, -0.2) is 67.6 Å². The lowest BCUT2D eigenvalue weighted by molar-refractivity contribution is -0.264. The lowest BCUT2D eigenvalue weighted by Gasteiger charge is -2.41. The molecule has 1 aliphatic rings. The van der Waals surface area contributed by atoms with Crippen molar-refractivity contribution in [3.05, 3.63) is 0 Å². The van der Waals surface area contributed by atoms with Gasteiger partial charge in [-0.15, -0.1) is 0 Å². The lowest BCUT2D eigenvalue weighted by Crippen LogP contribution is -2.64. The van der Waals surface area contributed by atoms with Crippen LogP contribution in [0.3, 0.4) is 0 Å². The van der Waals surface area contributed by atoms with E-state index in [1.165, 1.54) is 21.1 Å². The largest absolute Gasteiger partial charge is 0.388 e. The summed E-state index contributed by atoms with van der Waals surface area (Å²) in [4.78, 5) is 11.0. The summed E-state index contributed by atoms with van der Waals surface area (Å²) in [6, 6.07) is -0.805. The Morgan fingerprint density at radius 1 is 1.35 bits per heavy atom. The predicted molar refractivity (Wildman–Crippen MR) is 57.2 cm³/mol. The second kappa shape index (κ2) is 6.27. The number of hydrogen-bond acceptors (Lipinski definition) is 6. The van der Waals surface area contributed by atoms with E-state index in [4.69, 9.17) is 14.2 Å². The van der Waals surface area contributed by atoms with E-state index in [1.807, 2.05) is 0 Å². The number of carbonyl (C=O) groups is 1. The van der Waals surface area contributed by atoms with Gasteiger partial charge in [-0.05, 0) is 0 Å². The fourth-order valence-corrected chi connectivity index (χ4v) is 1.82. The van der Waals surface area contributed by atoms with Crippen LogP contribution in [0.2, 0.25) is 0 Å². The summed E-state index contributed by atoms with van der Waals surface area (Å²) in [6.45, 7) is 1.44. The van der Waals surface area contributed by atoms with E-state index in [0.29, 0.717) is 0 Å². The maximum Gasteiger partial charge on any atom is 0.217 e. The van der Waals surface area contributed by atoms with Crippen LogP contribution in [0, 0.1) is 0 Å². The van der Waals surface area contributed by atoms with Gasteiger partial charge in [-0.1, -0.05) is 0 Å². The summed E-state index contributed by atoms with van der Waals surface area (Å²) in [6.07, 6.45) is -3.82. The number of ether oxygens (including phenoxy) is 3. The predicted octanol–water partition coefficient (Wildman–Crippen LogP) is -1.77. The molecular formula is C10H19NO6. The number of amides is 1. The number of rotatable bonds is 4. The molecule has 0 unspecified atom stereocenters. The minimum absolute atomic E-state index is 0.130. The molecule has 1 saturated heterocycles. The first-order chi connectivity index (χ1) is 8.01. The highest BCUT2D eigenvalue weighted by atomic mass is 16.7. The summed E-state index contributed by atoms with van der Waals surface area (Å²) in [7, 11) is 2.86. The van der Waals surface area contributed by atoms with Crippen LogP contribution in [0.5, 0.6) is 0 Å². The smallest absolute Gasteiger partial charge is 0.217 e. The highest BCUT2D eigenvalue weighted by Crippen LogP contribution is 2.21. The minimum Gasteiger partial charge on any atom is -0.388 e. The zero-order valence-electron chi connectivity index (χ0n) is 10.1. The summed E-state index contributed by atoms with van der Waals surface area (Å²) >= 11 is 0. The quantitative estimate of drug-likeness (QED) is 0.545. The van der Waals surface area contributed by atoms with E-state index in [1.54, 1.807) is 0 Å². The van der Waals surface area contributed by atoms with E-state index in [-0.39, 0.29) is 12.5 Å².